The highest BCUT2D eigenvalue weighted by atomic mass is 35.5. The Balaban J connectivity index is 1.32. The molecule has 1 fully saturated rings. The van der Waals surface area contributed by atoms with Crippen molar-refractivity contribution >= 4 is 47.2 Å². The zero-order chi connectivity index (χ0) is 29.5. The summed E-state index contributed by atoms with van der Waals surface area (Å²) in [6.07, 6.45) is 0. The molecule has 42 heavy (non-hydrogen) atoms. The maximum Gasteiger partial charge on any atom is 0.225 e. The van der Waals surface area contributed by atoms with Crippen LogP contribution in [0.25, 0.3) is 0 Å². The number of piperazine rings is 1. The Labute approximate surface area is 262 Å². The van der Waals surface area contributed by atoms with Crippen LogP contribution in [0.2, 0.25) is 5.02 Å². The minimum absolute atomic E-state index is 0.0256. The second-order valence-electron chi connectivity index (χ2n) is 11.3. The maximum atomic E-state index is 13.8. The van der Waals surface area contributed by atoms with Gasteiger partial charge in [0, 0.05) is 53.3 Å². The molecule has 0 amide bonds. The molecule has 3 aromatic carbocycles. The average molecular weight is 625 g/mol. The third kappa shape index (κ3) is 8.29. The summed E-state index contributed by atoms with van der Waals surface area (Å²) in [5.74, 6) is 1.35. The predicted octanol–water partition coefficient (Wildman–Crippen LogP) is 7.00. The molecular formula is C32H38ClFN6S2. The van der Waals surface area contributed by atoms with E-state index in [2.05, 4.69) is 46.8 Å². The largest absolute Gasteiger partial charge is 0.296 e. The summed E-state index contributed by atoms with van der Waals surface area (Å²) < 4.78 is 19.7. The Hall–Kier alpha value is -2.56. The molecule has 0 radical (unpaired) electrons. The number of aliphatic imine (C=N–C) groups is 1. The molecule has 10 heteroatoms. The van der Waals surface area contributed by atoms with E-state index < -0.39 is 0 Å². The van der Waals surface area contributed by atoms with Crippen LogP contribution in [-0.2, 0) is 0 Å². The Bertz CT molecular complexity index is 1350. The van der Waals surface area contributed by atoms with Gasteiger partial charge in [-0.2, -0.15) is 5.10 Å². The molecule has 1 saturated heterocycles. The first-order valence-corrected chi connectivity index (χ1v) is 16.4. The van der Waals surface area contributed by atoms with Gasteiger partial charge < -0.3 is 0 Å². The van der Waals surface area contributed by atoms with Gasteiger partial charge in [-0.1, -0.05) is 66.0 Å². The number of guanidine groups is 1. The van der Waals surface area contributed by atoms with Gasteiger partial charge in [-0.25, -0.2) is 18.7 Å². The molecule has 3 aromatic rings. The number of nitrogens with one attached hydrogen (secondary N) is 1. The Morgan fingerprint density at radius 1 is 0.976 bits per heavy atom. The van der Waals surface area contributed by atoms with E-state index in [0.29, 0.717) is 24.1 Å². The van der Waals surface area contributed by atoms with Crippen LogP contribution in [0.3, 0.4) is 0 Å². The van der Waals surface area contributed by atoms with Gasteiger partial charge in [0.25, 0.3) is 0 Å². The predicted molar refractivity (Wildman–Crippen MR) is 177 cm³/mol. The number of benzene rings is 3. The van der Waals surface area contributed by atoms with Crippen molar-refractivity contribution in [3.05, 3.63) is 101 Å². The van der Waals surface area contributed by atoms with E-state index in [1.165, 1.54) is 24.1 Å². The fourth-order valence-electron chi connectivity index (χ4n) is 5.05. The first kappa shape index (κ1) is 30.9. The van der Waals surface area contributed by atoms with Gasteiger partial charge in [0.2, 0.25) is 5.96 Å². The van der Waals surface area contributed by atoms with Crippen molar-refractivity contribution < 1.29 is 4.39 Å². The minimum atomic E-state index is -0.258. The molecule has 2 aliphatic rings. The van der Waals surface area contributed by atoms with Gasteiger partial charge in [-0.15, -0.1) is 0 Å². The monoisotopic (exact) mass is 624 g/mol. The molecule has 1 unspecified atom stereocenters. The summed E-state index contributed by atoms with van der Waals surface area (Å²) >= 11 is 9.46. The average Bonchev–Trinajstić information content (AvgIpc) is 3.43. The number of nitrogens with zero attached hydrogens (tertiary/aromatic N) is 5. The fourth-order valence-corrected chi connectivity index (χ4v) is 6.68. The summed E-state index contributed by atoms with van der Waals surface area (Å²) in [6, 6.07) is 24.7. The molecule has 0 aromatic heterocycles. The molecule has 6 nitrogen and oxygen atoms in total. The molecule has 1 N–H and O–H groups in total. The lowest BCUT2D eigenvalue weighted by Crippen LogP contribution is -2.51. The first-order chi connectivity index (χ1) is 20.3. The SMILES string of the molecule is CC(C)(C)N1CCN(SCCN=C(NSc2ccc(Cl)cc2)N2CC(c3ccccc3)C(c3ccc(F)cc3)=N2)CC1. The summed E-state index contributed by atoms with van der Waals surface area (Å²) in [7, 11) is 0. The highest BCUT2D eigenvalue weighted by molar-refractivity contribution is 7.98. The van der Waals surface area contributed by atoms with E-state index >= 15 is 0 Å². The zero-order valence-corrected chi connectivity index (χ0v) is 26.7. The second kappa shape index (κ2) is 14.3. The number of hydrazone groups is 1. The van der Waals surface area contributed by atoms with Crippen molar-refractivity contribution in [1.29, 1.82) is 0 Å². The van der Waals surface area contributed by atoms with E-state index in [-0.39, 0.29) is 17.3 Å². The van der Waals surface area contributed by atoms with Gasteiger partial charge in [0.05, 0.1) is 18.8 Å². The topological polar surface area (TPSA) is 46.5 Å². The van der Waals surface area contributed by atoms with Crippen molar-refractivity contribution in [1.82, 2.24) is 18.9 Å². The molecule has 0 aliphatic carbocycles. The molecular weight excluding hydrogens is 587 g/mol. The molecule has 2 aliphatic heterocycles. The molecule has 0 saturated carbocycles. The van der Waals surface area contributed by atoms with Gasteiger partial charge in [-0.3, -0.25) is 9.62 Å². The van der Waals surface area contributed by atoms with Gasteiger partial charge in [-0.05, 0) is 80.2 Å². The lowest BCUT2D eigenvalue weighted by Gasteiger charge is -2.41. The van der Waals surface area contributed by atoms with Crippen LogP contribution in [0.1, 0.15) is 37.8 Å². The van der Waals surface area contributed by atoms with E-state index in [1.807, 2.05) is 59.4 Å². The fraction of sp³-hybridized carbons (Fsp3) is 0.375. The van der Waals surface area contributed by atoms with Crippen LogP contribution in [0.5, 0.6) is 0 Å². The number of hydrogen-bond acceptors (Lipinski definition) is 6. The molecule has 5 rings (SSSR count). The van der Waals surface area contributed by atoms with Crippen LogP contribution in [-0.4, -0.2) is 76.4 Å². The van der Waals surface area contributed by atoms with Crippen LogP contribution in [0.4, 0.5) is 4.39 Å². The molecule has 0 bridgehead atoms. The Kier molecular flexibility index (Phi) is 10.5. The summed E-state index contributed by atoms with van der Waals surface area (Å²) in [4.78, 5) is 8.58. The van der Waals surface area contributed by atoms with Gasteiger partial charge >= 0.3 is 0 Å². The van der Waals surface area contributed by atoms with Gasteiger partial charge in [0.1, 0.15) is 5.82 Å². The molecule has 2 heterocycles. The van der Waals surface area contributed by atoms with E-state index in [1.54, 1.807) is 12.1 Å². The highest BCUT2D eigenvalue weighted by Crippen LogP contribution is 2.30. The smallest absolute Gasteiger partial charge is 0.225 e. The molecule has 222 valence electrons. The summed E-state index contributed by atoms with van der Waals surface area (Å²) in [5, 5.41) is 7.70. The summed E-state index contributed by atoms with van der Waals surface area (Å²) in [6.45, 7) is 12.4. The number of rotatable bonds is 8. The lowest BCUT2D eigenvalue weighted by molar-refractivity contribution is 0.0957. The van der Waals surface area contributed by atoms with E-state index in [4.69, 9.17) is 21.7 Å². The lowest BCUT2D eigenvalue weighted by atomic mass is 9.91. The van der Waals surface area contributed by atoms with Crippen molar-refractivity contribution in [2.45, 2.75) is 37.1 Å². The van der Waals surface area contributed by atoms with Crippen LogP contribution in [0, 0.1) is 5.82 Å². The minimum Gasteiger partial charge on any atom is -0.296 e. The number of halogens is 2. The maximum absolute atomic E-state index is 13.8. The third-order valence-electron chi connectivity index (χ3n) is 7.39. The highest BCUT2D eigenvalue weighted by Gasteiger charge is 2.32. The van der Waals surface area contributed by atoms with E-state index in [0.717, 1.165) is 53.7 Å². The van der Waals surface area contributed by atoms with Crippen molar-refractivity contribution in [3.8, 4) is 0 Å². The first-order valence-electron chi connectivity index (χ1n) is 14.3. The van der Waals surface area contributed by atoms with Crippen LogP contribution >= 0.6 is 35.5 Å². The van der Waals surface area contributed by atoms with Crippen LogP contribution in [0.15, 0.2) is 93.9 Å². The number of hydrogen-bond donors (Lipinski definition) is 1. The summed E-state index contributed by atoms with van der Waals surface area (Å²) in [5.41, 5.74) is 3.18. The van der Waals surface area contributed by atoms with Crippen molar-refractivity contribution in [2.24, 2.45) is 10.1 Å². The normalized spacial score (nSPS) is 18.8. The molecule has 0 spiro atoms. The second-order valence-corrected chi connectivity index (χ2v) is 13.8. The zero-order valence-electron chi connectivity index (χ0n) is 24.3. The van der Waals surface area contributed by atoms with Crippen molar-refractivity contribution in [2.75, 3.05) is 45.0 Å². The standard InChI is InChI=1S/C32H38ClFN6S2/c1-32(2,3)38-18-20-39(21-19-38)41-22-17-35-31(37-42-28-15-11-26(33)12-16-28)40-23-29(24-7-5-4-6-8-24)30(36-40)25-9-13-27(34)14-10-25/h4-16,29H,17-23H2,1-3H3,(H,35,37). The molecule has 1 atom stereocenters. The third-order valence-corrected chi connectivity index (χ3v) is 9.53. The van der Waals surface area contributed by atoms with Gasteiger partial charge in [0.15, 0.2) is 0 Å². The van der Waals surface area contributed by atoms with E-state index in [9.17, 15) is 4.39 Å². The Morgan fingerprint density at radius 2 is 1.67 bits per heavy atom. The van der Waals surface area contributed by atoms with Crippen LogP contribution < -0.4 is 4.72 Å². The quantitative estimate of drug-likeness (QED) is 0.126. The Morgan fingerprint density at radius 3 is 2.33 bits per heavy atom. The van der Waals surface area contributed by atoms with Crippen molar-refractivity contribution in [3.63, 3.8) is 0 Å².